The van der Waals surface area contributed by atoms with E-state index in [9.17, 15) is 21.6 Å². The molecule has 0 spiro atoms. The second-order valence-corrected chi connectivity index (χ2v) is 17.0. The summed E-state index contributed by atoms with van der Waals surface area (Å²) in [5.74, 6) is 1.68. The van der Waals surface area contributed by atoms with Crippen LogP contribution in [0.25, 0.3) is 21.5 Å². The maximum atomic E-state index is 12.6. The monoisotopic (exact) mass is 708 g/mol. The Labute approximate surface area is 290 Å². The Hall–Kier alpha value is -3.55. The van der Waals surface area contributed by atoms with E-state index in [-0.39, 0.29) is 4.90 Å². The molecular weight excluding hydrogens is 661 g/mol. The summed E-state index contributed by atoms with van der Waals surface area (Å²) < 4.78 is 55.7. The van der Waals surface area contributed by atoms with Crippen molar-refractivity contribution < 1.29 is 26.7 Å². The van der Waals surface area contributed by atoms with E-state index in [1.54, 1.807) is 24.3 Å². The minimum atomic E-state index is -3.53. The Balaban J connectivity index is 0.000000192. The molecule has 1 amide bonds. The van der Waals surface area contributed by atoms with Crippen LogP contribution in [0, 0.1) is 23.7 Å². The molecule has 2 aliphatic rings. The highest BCUT2D eigenvalue weighted by atomic mass is 32.2. The van der Waals surface area contributed by atoms with Crippen molar-refractivity contribution in [2.75, 3.05) is 26.2 Å². The van der Waals surface area contributed by atoms with Crippen LogP contribution in [0.5, 0.6) is 0 Å². The van der Waals surface area contributed by atoms with Gasteiger partial charge in [-0.15, -0.1) is 0 Å². The SMILES string of the molecule is NCC1CCC(CNS(=O)(=O)c2ccc3ccccc3c2)CC1.O=C(O)NCC1CCC(CNS(=O)(=O)c2ccc3ccccc3c2)CC1. The number of fused-ring (bicyclic) bond motifs is 2. The van der Waals surface area contributed by atoms with E-state index in [4.69, 9.17) is 10.8 Å². The summed E-state index contributed by atoms with van der Waals surface area (Å²) in [4.78, 5) is 11.2. The molecule has 264 valence electrons. The molecule has 0 aliphatic heterocycles. The van der Waals surface area contributed by atoms with Crippen molar-refractivity contribution >= 4 is 47.7 Å². The Morgan fingerprint density at radius 2 is 0.939 bits per heavy atom. The van der Waals surface area contributed by atoms with Crippen molar-refractivity contribution in [2.45, 2.75) is 61.2 Å². The van der Waals surface area contributed by atoms with Crippen LogP contribution < -0.4 is 20.5 Å². The summed E-state index contributed by atoms with van der Waals surface area (Å²) in [6.45, 7) is 2.17. The van der Waals surface area contributed by atoms with Gasteiger partial charge in [0.25, 0.3) is 0 Å². The molecule has 2 aliphatic carbocycles. The van der Waals surface area contributed by atoms with Gasteiger partial charge < -0.3 is 16.2 Å². The lowest BCUT2D eigenvalue weighted by atomic mass is 9.82. The molecule has 10 nitrogen and oxygen atoms in total. The zero-order chi connectivity index (χ0) is 34.9. The van der Waals surface area contributed by atoms with E-state index in [0.717, 1.165) is 79.5 Å². The highest BCUT2D eigenvalue weighted by Gasteiger charge is 2.24. The van der Waals surface area contributed by atoms with Gasteiger partial charge in [0.2, 0.25) is 20.0 Å². The molecule has 0 radical (unpaired) electrons. The summed E-state index contributed by atoms with van der Waals surface area (Å²) >= 11 is 0. The molecule has 6 rings (SSSR count). The molecule has 4 aromatic carbocycles. The molecule has 4 aromatic rings. The van der Waals surface area contributed by atoms with Gasteiger partial charge in [-0.2, -0.15) is 0 Å². The van der Waals surface area contributed by atoms with Crippen LogP contribution in [0.4, 0.5) is 4.79 Å². The maximum absolute atomic E-state index is 12.6. The van der Waals surface area contributed by atoms with Crippen molar-refractivity contribution in [1.29, 1.82) is 0 Å². The normalized spacial score (nSPS) is 21.5. The Morgan fingerprint density at radius 3 is 1.33 bits per heavy atom. The van der Waals surface area contributed by atoms with Gasteiger partial charge in [0.1, 0.15) is 0 Å². The van der Waals surface area contributed by atoms with Crippen LogP contribution in [0.3, 0.4) is 0 Å². The number of nitrogens with two attached hydrogens (primary N) is 1. The number of hydrogen-bond acceptors (Lipinski definition) is 6. The molecule has 2 fully saturated rings. The van der Waals surface area contributed by atoms with E-state index in [2.05, 4.69) is 14.8 Å². The summed E-state index contributed by atoms with van der Waals surface area (Å²) in [7, 11) is -6.97. The predicted octanol–water partition coefficient (Wildman–Crippen LogP) is 6.08. The van der Waals surface area contributed by atoms with E-state index in [1.807, 2.05) is 60.7 Å². The van der Waals surface area contributed by atoms with E-state index in [0.29, 0.717) is 48.2 Å². The average Bonchev–Trinajstić information content (AvgIpc) is 3.12. The quantitative estimate of drug-likeness (QED) is 0.126. The fourth-order valence-corrected chi connectivity index (χ4v) is 9.14. The summed E-state index contributed by atoms with van der Waals surface area (Å²) in [6, 6.07) is 25.9. The minimum absolute atomic E-state index is 0.288. The predicted molar refractivity (Wildman–Crippen MR) is 194 cm³/mol. The maximum Gasteiger partial charge on any atom is 0.404 e. The van der Waals surface area contributed by atoms with E-state index >= 15 is 0 Å². The number of rotatable bonds is 11. The smallest absolute Gasteiger partial charge is 0.404 e. The summed E-state index contributed by atoms with van der Waals surface area (Å²) in [6.07, 6.45) is 7.00. The third-order valence-electron chi connectivity index (χ3n) is 9.99. The number of sulfonamides is 2. The third kappa shape index (κ3) is 10.5. The number of nitrogens with one attached hydrogen (secondary N) is 3. The largest absolute Gasteiger partial charge is 0.465 e. The lowest BCUT2D eigenvalue weighted by Gasteiger charge is -2.28. The first-order chi connectivity index (χ1) is 23.5. The van der Waals surface area contributed by atoms with Crippen LogP contribution in [-0.2, 0) is 20.0 Å². The van der Waals surface area contributed by atoms with Crippen LogP contribution in [0.15, 0.2) is 94.7 Å². The number of benzene rings is 4. The van der Waals surface area contributed by atoms with Crippen molar-refractivity contribution in [1.82, 2.24) is 14.8 Å². The first-order valence-electron chi connectivity index (χ1n) is 17.2. The molecule has 0 unspecified atom stereocenters. The zero-order valence-corrected chi connectivity index (χ0v) is 29.4. The Bertz CT molecular complexity index is 1920. The second kappa shape index (κ2) is 16.9. The van der Waals surface area contributed by atoms with Gasteiger partial charge in [0.05, 0.1) is 9.79 Å². The Morgan fingerprint density at radius 1 is 0.571 bits per heavy atom. The molecular formula is C37H48N4O6S2. The number of carbonyl (C=O) groups is 1. The van der Waals surface area contributed by atoms with Gasteiger partial charge in [0.15, 0.2) is 0 Å². The molecule has 49 heavy (non-hydrogen) atoms. The van der Waals surface area contributed by atoms with Gasteiger partial charge in [-0.25, -0.2) is 31.1 Å². The van der Waals surface area contributed by atoms with Gasteiger partial charge in [-0.3, -0.25) is 0 Å². The van der Waals surface area contributed by atoms with E-state index < -0.39 is 26.1 Å². The van der Waals surface area contributed by atoms with Gasteiger partial charge >= 0.3 is 6.09 Å². The summed E-state index contributed by atoms with van der Waals surface area (Å²) in [5, 5.41) is 15.0. The molecule has 0 heterocycles. The molecule has 0 aromatic heterocycles. The van der Waals surface area contributed by atoms with E-state index in [1.165, 1.54) is 0 Å². The molecule has 2 saturated carbocycles. The second-order valence-electron chi connectivity index (χ2n) is 13.4. The lowest BCUT2D eigenvalue weighted by Crippen LogP contribution is -2.34. The fourth-order valence-electron chi connectivity index (χ4n) is 6.83. The van der Waals surface area contributed by atoms with Crippen molar-refractivity contribution in [2.24, 2.45) is 29.4 Å². The Kier molecular flexibility index (Phi) is 12.7. The van der Waals surface area contributed by atoms with Crippen molar-refractivity contribution in [3.8, 4) is 0 Å². The molecule has 6 N–H and O–H groups in total. The highest BCUT2D eigenvalue weighted by Crippen LogP contribution is 2.29. The first-order valence-corrected chi connectivity index (χ1v) is 20.1. The van der Waals surface area contributed by atoms with Gasteiger partial charge in [-0.05, 0) is 127 Å². The molecule has 0 atom stereocenters. The standard InChI is InChI=1S/C19H24N2O4S.C18H24N2O2S/c22-19(23)20-12-14-5-7-15(8-6-14)13-21-26(24,25)18-10-9-16-3-1-2-4-17(16)11-18;19-12-14-5-7-15(8-6-14)13-20-23(21,22)18-10-9-16-3-1-2-4-17(16)11-18/h1-4,9-11,14-15,20-21H,5-8,12-13H2,(H,22,23);1-4,9-11,14-15,20H,5-8,12-13,19H2. The van der Waals surface area contributed by atoms with Gasteiger partial charge in [-0.1, -0.05) is 60.7 Å². The number of amides is 1. The van der Waals surface area contributed by atoms with Crippen molar-refractivity contribution in [3.05, 3.63) is 84.9 Å². The number of hydrogen-bond donors (Lipinski definition) is 5. The van der Waals surface area contributed by atoms with Crippen LogP contribution in [0.2, 0.25) is 0 Å². The van der Waals surface area contributed by atoms with Crippen LogP contribution in [0.1, 0.15) is 51.4 Å². The highest BCUT2D eigenvalue weighted by molar-refractivity contribution is 7.89. The average molecular weight is 709 g/mol. The number of carboxylic acid groups (broad SMARTS) is 1. The topological polar surface area (TPSA) is 168 Å². The fraction of sp³-hybridized carbons (Fsp3) is 0.432. The third-order valence-corrected chi connectivity index (χ3v) is 12.8. The molecule has 0 saturated heterocycles. The zero-order valence-electron chi connectivity index (χ0n) is 27.8. The minimum Gasteiger partial charge on any atom is -0.465 e. The first kappa shape index (κ1) is 36.7. The van der Waals surface area contributed by atoms with Crippen LogP contribution >= 0.6 is 0 Å². The molecule has 12 heteroatoms. The van der Waals surface area contributed by atoms with Crippen molar-refractivity contribution in [3.63, 3.8) is 0 Å². The molecule has 0 bridgehead atoms. The van der Waals surface area contributed by atoms with Gasteiger partial charge in [0, 0.05) is 19.6 Å². The van der Waals surface area contributed by atoms with Crippen LogP contribution in [-0.4, -0.2) is 54.2 Å². The summed E-state index contributed by atoms with van der Waals surface area (Å²) in [5.41, 5.74) is 5.70. The lowest BCUT2D eigenvalue weighted by molar-refractivity contribution is 0.188.